The van der Waals surface area contributed by atoms with Crippen molar-refractivity contribution in [2.45, 2.75) is 72.6 Å². The predicted molar refractivity (Wildman–Crippen MR) is 98.5 cm³/mol. The Morgan fingerprint density at radius 3 is 2.75 bits per heavy atom. The average molecular weight is 331 g/mol. The van der Waals surface area contributed by atoms with Gasteiger partial charge in [-0.05, 0) is 61.2 Å². The van der Waals surface area contributed by atoms with E-state index in [4.69, 9.17) is 4.74 Å². The standard InChI is InChI=1S/C22H34O2/c1-6-22(15-24-16(2)23)13-10-18-17(14-22)8-9-19-20(3,4)11-7-12-21(18,19)5/h6,8,18-19H,1,7,9-15H2,2-5H3/t18-,19+,21-,22-/m0/s1. The Balaban J connectivity index is 1.85. The second-order valence-corrected chi connectivity index (χ2v) is 9.53. The van der Waals surface area contributed by atoms with Crippen LogP contribution in [0.15, 0.2) is 24.3 Å². The van der Waals surface area contributed by atoms with Crippen molar-refractivity contribution in [2.24, 2.45) is 28.1 Å². The van der Waals surface area contributed by atoms with Crippen molar-refractivity contribution in [1.82, 2.24) is 0 Å². The Morgan fingerprint density at radius 1 is 1.33 bits per heavy atom. The van der Waals surface area contributed by atoms with Crippen molar-refractivity contribution in [3.05, 3.63) is 24.3 Å². The van der Waals surface area contributed by atoms with Gasteiger partial charge in [-0.25, -0.2) is 0 Å². The highest BCUT2D eigenvalue weighted by atomic mass is 16.5. The zero-order valence-electron chi connectivity index (χ0n) is 16.0. The molecule has 0 N–H and O–H groups in total. The van der Waals surface area contributed by atoms with Gasteiger partial charge in [-0.1, -0.05) is 44.9 Å². The fraction of sp³-hybridized carbons (Fsp3) is 0.773. The van der Waals surface area contributed by atoms with Gasteiger partial charge in [0, 0.05) is 12.3 Å². The zero-order valence-corrected chi connectivity index (χ0v) is 16.0. The van der Waals surface area contributed by atoms with E-state index in [1.54, 1.807) is 5.57 Å². The minimum atomic E-state index is -0.183. The van der Waals surface area contributed by atoms with Gasteiger partial charge < -0.3 is 4.74 Å². The summed E-state index contributed by atoms with van der Waals surface area (Å²) in [7, 11) is 0. The zero-order chi connectivity index (χ0) is 17.6. The lowest BCUT2D eigenvalue weighted by atomic mass is 9.46. The lowest BCUT2D eigenvalue weighted by molar-refractivity contribution is -0.144. The maximum Gasteiger partial charge on any atom is 0.302 e. The predicted octanol–water partition coefficient (Wildman–Crippen LogP) is 5.68. The Hall–Kier alpha value is -1.05. The Labute approximate surface area is 147 Å². The Kier molecular flexibility index (Phi) is 4.47. The lowest BCUT2D eigenvalue weighted by Crippen LogP contribution is -2.50. The van der Waals surface area contributed by atoms with E-state index < -0.39 is 0 Å². The quantitative estimate of drug-likeness (QED) is 0.491. The molecule has 2 nitrogen and oxygen atoms in total. The smallest absolute Gasteiger partial charge is 0.302 e. The fourth-order valence-corrected chi connectivity index (χ4v) is 6.25. The van der Waals surface area contributed by atoms with Gasteiger partial charge in [0.15, 0.2) is 0 Å². The first kappa shape index (κ1) is 17.8. The van der Waals surface area contributed by atoms with E-state index in [1.807, 2.05) is 6.08 Å². The average Bonchev–Trinajstić information content (AvgIpc) is 2.52. The van der Waals surface area contributed by atoms with E-state index in [0.29, 0.717) is 23.4 Å². The molecule has 3 aliphatic rings. The van der Waals surface area contributed by atoms with Crippen LogP contribution in [-0.2, 0) is 9.53 Å². The monoisotopic (exact) mass is 330 g/mol. The summed E-state index contributed by atoms with van der Waals surface area (Å²) in [5.41, 5.74) is 2.46. The molecule has 2 saturated carbocycles. The van der Waals surface area contributed by atoms with E-state index in [-0.39, 0.29) is 11.4 Å². The second-order valence-electron chi connectivity index (χ2n) is 9.53. The summed E-state index contributed by atoms with van der Waals surface area (Å²) in [6, 6.07) is 0. The molecule has 0 amide bonds. The molecular weight excluding hydrogens is 296 g/mol. The first-order valence-corrected chi connectivity index (χ1v) is 9.68. The topological polar surface area (TPSA) is 26.3 Å². The number of hydrogen-bond donors (Lipinski definition) is 0. The lowest BCUT2D eigenvalue weighted by Gasteiger charge is -2.59. The molecule has 2 heteroatoms. The van der Waals surface area contributed by atoms with Crippen molar-refractivity contribution < 1.29 is 9.53 Å². The first-order valence-electron chi connectivity index (χ1n) is 9.68. The van der Waals surface area contributed by atoms with Crippen LogP contribution < -0.4 is 0 Å². The third-order valence-electron chi connectivity index (χ3n) is 7.62. The van der Waals surface area contributed by atoms with Gasteiger partial charge in [-0.15, -0.1) is 6.58 Å². The van der Waals surface area contributed by atoms with Crippen LogP contribution in [0.3, 0.4) is 0 Å². The summed E-state index contributed by atoms with van der Waals surface area (Å²) in [4.78, 5) is 11.3. The number of rotatable bonds is 3. The van der Waals surface area contributed by atoms with Crippen LogP contribution in [0.5, 0.6) is 0 Å². The normalized spacial score (nSPS) is 40.8. The molecule has 0 aliphatic heterocycles. The number of ether oxygens (including phenoxy) is 1. The number of fused-ring (bicyclic) bond motifs is 3. The minimum absolute atomic E-state index is 0.0542. The van der Waals surface area contributed by atoms with Crippen LogP contribution in [0.4, 0.5) is 0 Å². The molecule has 0 aromatic rings. The van der Waals surface area contributed by atoms with Crippen LogP contribution in [0, 0.1) is 28.1 Å². The molecule has 0 bridgehead atoms. The molecule has 0 aromatic heterocycles. The van der Waals surface area contributed by atoms with Gasteiger partial charge in [0.2, 0.25) is 0 Å². The van der Waals surface area contributed by atoms with Crippen molar-refractivity contribution >= 4 is 5.97 Å². The van der Waals surface area contributed by atoms with Crippen molar-refractivity contribution in [3.8, 4) is 0 Å². The Bertz CT molecular complexity index is 558. The molecule has 3 aliphatic carbocycles. The molecule has 3 rings (SSSR count). The summed E-state index contributed by atoms with van der Waals surface area (Å²) in [6.07, 6.45) is 13.2. The molecule has 0 aromatic carbocycles. The van der Waals surface area contributed by atoms with Gasteiger partial charge in [0.25, 0.3) is 0 Å². The number of carbonyl (C=O) groups is 1. The molecule has 24 heavy (non-hydrogen) atoms. The van der Waals surface area contributed by atoms with Crippen molar-refractivity contribution in [2.75, 3.05) is 6.61 Å². The van der Waals surface area contributed by atoms with Gasteiger partial charge in [0.05, 0.1) is 0 Å². The van der Waals surface area contributed by atoms with Crippen LogP contribution in [0.25, 0.3) is 0 Å². The minimum Gasteiger partial charge on any atom is -0.465 e. The molecule has 0 unspecified atom stereocenters. The summed E-state index contributed by atoms with van der Waals surface area (Å²) >= 11 is 0. The number of allylic oxidation sites excluding steroid dienone is 2. The largest absolute Gasteiger partial charge is 0.465 e. The highest BCUT2D eigenvalue weighted by Crippen LogP contribution is 2.63. The van der Waals surface area contributed by atoms with Crippen molar-refractivity contribution in [1.29, 1.82) is 0 Å². The van der Waals surface area contributed by atoms with Crippen LogP contribution in [-0.4, -0.2) is 12.6 Å². The maximum atomic E-state index is 11.3. The number of hydrogen-bond acceptors (Lipinski definition) is 2. The van der Waals surface area contributed by atoms with Gasteiger partial charge >= 0.3 is 5.97 Å². The number of esters is 1. The second kappa shape index (κ2) is 6.04. The third kappa shape index (κ3) is 2.86. The molecule has 2 fully saturated rings. The third-order valence-corrected chi connectivity index (χ3v) is 7.62. The molecule has 0 spiro atoms. The molecule has 0 saturated heterocycles. The van der Waals surface area contributed by atoms with Gasteiger partial charge in [0.1, 0.15) is 6.61 Å². The molecule has 134 valence electrons. The maximum absolute atomic E-state index is 11.3. The van der Waals surface area contributed by atoms with E-state index >= 15 is 0 Å². The highest BCUT2D eigenvalue weighted by Gasteiger charge is 2.54. The Morgan fingerprint density at radius 2 is 2.08 bits per heavy atom. The summed E-state index contributed by atoms with van der Waals surface area (Å²) in [6.45, 7) is 13.6. The summed E-state index contributed by atoms with van der Waals surface area (Å²) in [5.74, 6) is 1.33. The molecule has 0 radical (unpaired) electrons. The van der Waals surface area contributed by atoms with Crippen LogP contribution in [0.2, 0.25) is 0 Å². The van der Waals surface area contributed by atoms with Crippen LogP contribution >= 0.6 is 0 Å². The summed E-state index contributed by atoms with van der Waals surface area (Å²) in [5, 5.41) is 0. The number of carbonyl (C=O) groups excluding carboxylic acids is 1. The van der Waals surface area contributed by atoms with E-state index in [1.165, 1.54) is 39.0 Å². The fourth-order valence-electron chi connectivity index (χ4n) is 6.25. The SMILES string of the molecule is C=C[C@]1(COC(C)=O)CC[C@H]2C(=CC[C@@H]3C(C)(C)CCC[C@]32C)C1. The highest BCUT2D eigenvalue weighted by molar-refractivity contribution is 5.66. The molecular formula is C22H34O2. The van der Waals surface area contributed by atoms with Gasteiger partial charge in [-0.2, -0.15) is 0 Å². The first-order chi connectivity index (χ1) is 11.2. The van der Waals surface area contributed by atoms with E-state index in [9.17, 15) is 4.79 Å². The van der Waals surface area contributed by atoms with Crippen LogP contribution in [0.1, 0.15) is 72.6 Å². The van der Waals surface area contributed by atoms with E-state index in [2.05, 4.69) is 33.4 Å². The van der Waals surface area contributed by atoms with Gasteiger partial charge in [-0.3, -0.25) is 4.79 Å². The van der Waals surface area contributed by atoms with E-state index in [0.717, 1.165) is 18.8 Å². The van der Waals surface area contributed by atoms with Crippen molar-refractivity contribution in [3.63, 3.8) is 0 Å². The molecule has 4 atom stereocenters. The summed E-state index contributed by atoms with van der Waals surface area (Å²) < 4.78 is 5.38. The molecule has 0 heterocycles.